The van der Waals surface area contributed by atoms with Crippen LogP contribution in [0, 0.1) is 0 Å². The number of H-pyrrole nitrogens is 1. The summed E-state index contributed by atoms with van der Waals surface area (Å²) in [6.07, 6.45) is 1.81. The Morgan fingerprint density at radius 2 is 1.78 bits per heavy atom. The first-order valence-corrected chi connectivity index (χ1v) is 8.15. The molecule has 0 aliphatic heterocycles. The molecule has 0 radical (unpaired) electrons. The molecule has 0 aliphatic rings. The number of para-hydroxylation sites is 1. The van der Waals surface area contributed by atoms with Crippen molar-refractivity contribution in [2.75, 3.05) is 0 Å². The number of halogens is 1. The zero-order chi connectivity index (χ0) is 16.4. The molecule has 3 nitrogen and oxygen atoms in total. The van der Waals surface area contributed by atoms with Crippen LogP contribution < -0.4 is 5.32 Å². The van der Waals surface area contributed by atoms with Crippen molar-refractivity contribution in [3.05, 3.63) is 70.9 Å². The number of aromatic nitrogens is 1. The summed E-state index contributed by atoms with van der Waals surface area (Å²) >= 11 is 5.93. The van der Waals surface area contributed by atoms with Crippen molar-refractivity contribution in [3.63, 3.8) is 0 Å². The van der Waals surface area contributed by atoms with E-state index in [-0.39, 0.29) is 17.9 Å². The van der Waals surface area contributed by atoms with Crippen LogP contribution in [-0.2, 0) is 0 Å². The van der Waals surface area contributed by atoms with Crippen LogP contribution in [-0.4, -0.2) is 16.8 Å². The number of Topliss-reactive ketones (excluding diaryl/α,β-unsaturated/α-hetero) is 1. The van der Waals surface area contributed by atoms with E-state index in [1.165, 1.54) is 0 Å². The summed E-state index contributed by atoms with van der Waals surface area (Å²) in [5, 5.41) is 3.80. The van der Waals surface area contributed by atoms with Gasteiger partial charge in [-0.05, 0) is 32.0 Å². The van der Waals surface area contributed by atoms with Crippen LogP contribution in [0.1, 0.15) is 35.8 Å². The van der Waals surface area contributed by atoms with Gasteiger partial charge in [0.15, 0.2) is 0 Å². The van der Waals surface area contributed by atoms with Gasteiger partial charge in [0, 0.05) is 33.2 Å². The van der Waals surface area contributed by atoms with Crippen molar-refractivity contribution < 1.29 is 10.1 Å². The minimum Gasteiger partial charge on any atom is -0.360 e. The van der Waals surface area contributed by atoms with Gasteiger partial charge in [-0.3, -0.25) is 4.79 Å². The highest BCUT2D eigenvalue weighted by molar-refractivity contribution is 6.30. The van der Waals surface area contributed by atoms with E-state index in [1.54, 1.807) is 0 Å². The maximum absolute atomic E-state index is 12.8. The number of fused-ring (bicyclic) bond motifs is 1. The number of quaternary nitrogens is 1. The third kappa shape index (κ3) is 3.31. The summed E-state index contributed by atoms with van der Waals surface area (Å²) in [4.78, 5) is 15.9. The lowest BCUT2D eigenvalue weighted by Gasteiger charge is -2.16. The molecule has 0 spiro atoms. The molecule has 0 unspecified atom stereocenters. The average Bonchev–Trinajstić information content (AvgIpc) is 2.98. The third-order valence-corrected chi connectivity index (χ3v) is 4.49. The summed E-state index contributed by atoms with van der Waals surface area (Å²) in [7, 11) is 0. The molecular weight excluding hydrogens is 308 g/mol. The van der Waals surface area contributed by atoms with Crippen LogP contribution >= 0.6 is 11.6 Å². The quantitative estimate of drug-likeness (QED) is 0.689. The van der Waals surface area contributed by atoms with E-state index in [0.717, 1.165) is 27.1 Å². The fourth-order valence-electron chi connectivity index (χ4n) is 2.92. The molecule has 2 atom stereocenters. The van der Waals surface area contributed by atoms with Crippen LogP contribution in [0.2, 0.25) is 5.02 Å². The summed E-state index contributed by atoms with van der Waals surface area (Å²) in [5.74, 6) is 0.142. The largest absolute Gasteiger partial charge is 0.360 e. The van der Waals surface area contributed by atoms with Crippen LogP contribution in [0.4, 0.5) is 0 Å². The number of aromatic amines is 1. The summed E-state index contributed by atoms with van der Waals surface area (Å²) in [6, 6.07) is 15.7. The van der Waals surface area contributed by atoms with Gasteiger partial charge in [-0.15, -0.1) is 0 Å². The van der Waals surface area contributed by atoms with E-state index in [2.05, 4.69) is 17.2 Å². The smallest absolute Gasteiger partial charge is 0.221 e. The molecule has 0 saturated heterocycles. The highest BCUT2D eigenvalue weighted by atomic mass is 35.5. The van der Waals surface area contributed by atoms with Crippen molar-refractivity contribution in [2.24, 2.45) is 0 Å². The van der Waals surface area contributed by atoms with Crippen LogP contribution in [0.15, 0.2) is 54.7 Å². The Hall–Kier alpha value is -2.10. The second-order valence-corrected chi connectivity index (χ2v) is 6.37. The van der Waals surface area contributed by atoms with Gasteiger partial charge in [-0.25, -0.2) is 0 Å². The summed E-state index contributed by atoms with van der Waals surface area (Å²) < 4.78 is 0. The molecule has 118 valence electrons. The van der Waals surface area contributed by atoms with Crippen LogP contribution in [0.5, 0.6) is 0 Å². The number of carbonyl (C=O) groups is 1. The zero-order valence-electron chi connectivity index (χ0n) is 13.2. The number of hydrogen-bond acceptors (Lipinski definition) is 1. The molecule has 1 heterocycles. The second-order valence-electron chi connectivity index (χ2n) is 5.93. The number of ketones is 1. The molecule has 0 saturated carbocycles. The minimum absolute atomic E-state index is 0.142. The first kappa shape index (κ1) is 15.8. The van der Waals surface area contributed by atoms with Gasteiger partial charge in [0.05, 0.1) is 0 Å². The average molecular weight is 328 g/mol. The Balaban J connectivity index is 1.76. The van der Waals surface area contributed by atoms with Gasteiger partial charge in [-0.2, -0.15) is 0 Å². The van der Waals surface area contributed by atoms with Crippen LogP contribution in [0.3, 0.4) is 0 Å². The van der Waals surface area contributed by atoms with E-state index in [4.69, 9.17) is 11.6 Å². The van der Waals surface area contributed by atoms with Gasteiger partial charge in [0.1, 0.15) is 12.1 Å². The lowest BCUT2D eigenvalue weighted by Crippen LogP contribution is -2.91. The fraction of sp³-hybridized carbons (Fsp3) is 0.211. The first-order valence-electron chi connectivity index (χ1n) is 7.77. The number of hydrogen-bond donors (Lipinski definition) is 2. The van der Waals surface area contributed by atoms with E-state index < -0.39 is 0 Å². The molecule has 0 fully saturated rings. The SMILES string of the molecule is C[C@@H]([NH2+][C@H](C)c1ccc(Cl)cc1)C(=O)c1c[nH]c2ccccc12. The molecule has 23 heavy (non-hydrogen) atoms. The third-order valence-electron chi connectivity index (χ3n) is 4.24. The zero-order valence-corrected chi connectivity index (χ0v) is 14.0. The van der Waals surface area contributed by atoms with Crippen LogP contribution in [0.25, 0.3) is 10.9 Å². The van der Waals surface area contributed by atoms with Gasteiger partial charge in [0.25, 0.3) is 0 Å². The number of nitrogens with one attached hydrogen (secondary N) is 1. The number of rotatable bonds is 5. The molecule has 3 N–H and O–H groups in total. The molecular formula is C19H20ClN2O+. The van der Waals surface area contributed by atoms with Crippen molar-refractivity contribution in [2.45, 2.75) is 25.9 Å². The fourth-order valence-corrected chi connectivity index (χ4v) is 3.04. The van der Waals surface area contributed by atoms with Crippen molar-refractivity contribution >= 4 is 28.3 Å². The minimum atomic E-state index is -0.153. The number of carbonyl (C=O) groups excluding carboxylic acids is 1. The number of nitrogens with two attached hydrogens (primary N) is 1. The molecule has 1 aromatic heterocycles. The highest BCUT2D eigenvalue weighted by Crippen LogP contribution is 2.19. The molecule has 0 bridgehead atoms. The van der Waals surface area contributed by atoms with Gasteiger partial charge in [0.2, 0.25) is 5.78 Å². The molecule has 3 aromatic rings. The normalized spacial score (nSPS) is 13.9. The molecule has 2 aromatic carbocycles. The predicted molar refractivity (Wildman–Crippen MR) is 93.9 cm³/mol. The lowest BCUT2D eigenvalue weighted by molar-refractivity contribution is -0.709. The Bertz CT molecular complexity index is 823. The summed E-state index contributed by atoms with van der Waals surface area (Å²) in [6.45, 7) is 4.05. The lowest BCUT2D eigenvalue weighted by atomic mass is 10.0. The first-order chi connectivity index (χ1) is 11.1. The second kappa shape index (κ2) is 6.57. The predicted octanol–water partition coefficient (Wildman–Crippen LogP) is 3.72. The maximum Gasteiger partial charge on any atom is 0.221 e. The van der Waals surface area contributed by atoms with Crippen molar-refractivity contribution in [1.82, 2.24) is 4.98 Å². The standard InChI is InChI=1S/C19H19ClN2O/c1-12(14-7-9-15(20)10-8-14)22-13(2)19(23)17-11-21-18-6-4-3-5-16(17)18/h3-13,21-22H,1-2H3/p+1/t12-,13-/m1/s1. The van der Waals surface area contributed by atoms with Gasteiger partial charge in [-0.1, -0.05) is 41.9 Å². The Kier molecular flexibility index (Phi) is 4.51. The van der Waals surface area contributed by atoms with E-state index in [9.17, 15) is 4.79 Å². The molecule has 0 aliphatic carbocycles. The maximum atomic E-state index is 12.8. The molecule has 4 heteroatoms. The topological polar surface area (TPSA) is 49.5 Å². The highest BCUT2D eigenvalue weighted by Gasteiger charge is 2.23. The van der Waals surface area contributed by atoms with Crippen molar-refractivity contribution in [1.29, 1.82) is 0 Å². The van der Waals surface area contributed by atoms with Gasteiger partial charge < -0.3 is 10.3 Å². The number of benzene rings is 2. The Labute approximate surface area is 140 Å². The van der Waals surface area contributed by atoms with E-state index >= 15 is 0 Å². The molecule has 3 rings (SSSR count). The van der Waals surface area contributed by atoms with E-state index in [1.807, 2.05) is 61.7 Å². The molecule has 0 amide bonds. The van der Waals surface area contributed by atoms with E-state index in [0.29, 0.717) is 0 Å². The van der Waals surface area contributed by atoms with Gasteiger partial charge >= 0.3 is 0 Å². The monoisotopic (exact) mass is 327 g/mol. The summed E-state index contributed by atoms with van der Waals surface area (Å²) in [5.41, 5.74) is 2.91. The Morgan fingerprint density at radius 1 is 1.09 bits per heavy atom. The Morgan fingerprint density at radius 3 is 2.52 bits per heavy atom. The van der Waals surface area contributed by atoms with Crippen molar-refractivity contribution in [3.8, 4) is 0 Å².